The third-order valence-corrected chi connectivity index (χ3v) is 3.96. The number of carbonyl (C=O) groups is 1. The molecule has 0 radical (unpaired) electrons. The van der Waals surface area contributed by atoms with Gasteiger partial charge in [-0.05, 0) is 37.1 Å². The van der Waals surface area contributed by atoms with E-state index in [2.05, 4.69) is 15.3 Å². The number of nitrogens with zero attached hydrogens (tertiary/aromatic N) is 2. The first-order valence-electron chi connectivity index (χ1n) is 7.11. The van der Waals surface area contributed by atoms with E-state index in [1.165, 1.54) is 12.8 Å². The van der Waals surface area contributed by atoms with Crippen LogP contribution in [0.2, 0.25) is 5.02 Å². The lowest BCUT2D eigenvalue weighted by molar-refractivity contribution is 0.0937. The van der Waals surface area contributed by atoms with Crippen LogP contribution in [0.15, 0.2) is 36.7 Å². The van der Waals surface area contributed by atoms with Crippen molar-refractivity contribution in [2.45, 2.75) is 31.7 Å². The lowest BCUT2D eigenvalue weighted by Crippen LogP contribution is -2.32. The van der Waals surface area contributed by atoms with Gasteiger partial charge in [-0.2, -0.15) is 0 Å². The van der Waals surface area contributed by atoms with Crippen molar-refractivity contribution in [2.75, 3.05) is 0 Å². The molecule has 0 spiro atoms. The van der Waals surface area contributed by atoms with Gasteiger partial charge in [0.05, 0.1) is 5.56 Å². The predicted molar refractivity (Wildman–Crippen MR) is 82.2 cm³/mol. The standard InChI is InChI=1S/C16H16ClN3O/c17-13-7-5-11(6-8-13)15-18-9-12(10-19-15)16(21)20-14-3-1-2-4-14/h5-10,14H,1-4H2,(H,20,21). The summed E-state index contributed by atoms with van der Waals surface area (Å²) < 4.78 is 0. The summed E-state index contributed by atoms with van der Waals surface area (Å²) >= 11 is 5.85. The molecule has 1 aliphatic carbocycles. The number of hydrogen-bond donors (Lipinski definition) is 1. The van der Waals surface area contributed by atoms with Gasteiger partial charge >= 0.3 is 0 Å². The molecule has 1 amide bonds. The molecule has 0 saturated heterocycles. The second-order valence-electron chi connectivity index (χ2n) is 5.26. The number of hydrogen-bond acceptors (Lipinski definition) is 3. The summed E-state index contributed by atoms with van der Waals surface area (Å²) in [4.78, 5) is 20.6. The zero-order chi connectivity index (χ0) is 14.7. The van der Waals surface area contributed by atoms with Crippen molar-refractivity contribution < 1.29 is 4.79 Å². The quantitative estimate of drug-likeness (QED) is 0.944. The fourth-order valence-electron chi connectivity index (χ4n) is 2.53. The first-order chi connectivity index (χ1) is 10.2. The van der Waals surface area contributed by atoms with Crippen LogP contribution in [0.1, 0.15) is 36.0 Å². The fourth-order valence-corrected chi connectivity index (χ4v) is 2.66. The summed E-state index contributed by atoms with van der Waals surface area (Å²) in [6.07, 6.45) is 7.65. The largest absolute Gasteiger partial charge is 0.349 e. The average molecular weight is 302 g/mol. The van der Waals surface area contributed by atoms with Crippen LogP contribution in [0.25, 0.3) is 11.4 Å². The molecule has 0 aliphatic heterocycles. The molecule has 0 bridgehead atoms. The van der Waals surface area contributed by atoms with Crippen molar-refractivity contribution in [2.24, 2.45) is 0 Å². The highest BCUT2D eigenvalue weighted by molar-refractivity contribution is 6.30. The molecule has 0 atom stereocenters. The monoisotopic (exact) mass is 301 g/mol. The highest BCUT2D eigenvalue weighted by Gasteiger charge is 2.18. The highest BCUT2D eigenvalue weighted by Crippen LogP contribution is 2.19. The molecule has 4 nitrogen and oxygen atoms in total. The Balaban J connectivity index is 1.71. The average Bonchev–Trinajstić information content (AvgIpc) is 3.01. The normalized spacial score (nSPS) is 15.1. The Hall–Kier alpha value is -1.94. The summed E-state index contributed by atoms with van der Waals surface area (Å²) in [5.41, 5.74) is 1.38. The number of rotatable bonds is 3. The molecular formula is C16H16ClN3O. The van der Waals surface area contributed by atoms with Crippen LogP contribution >= 0.6 is 11.6 Å². The lowest BCUT2D eigenvalue weighted by Gasteiger charge is -2.11. The van der Waals surface area contributed by atoms with Gasteiger partial charge in [-0.1, -0.05) is 24.4 Å². The molecule has 1 N–H and O–H groups in total. The van der Waals surface area contributed by atoms with E-state index in [1.54, 1.807) is 24.5 Å². The van der Waals surface area contributed by atoms with E-state index in [-0.39, 0.29) is 5.91 Å². The van der Waals surface area contributed by atoms with Gasteiger partial charge in [0.25, 0.3) is 5.91 Å². The van der Waals surface area contributed by atoms with E-state index in [0.717, 1.165) is 18.4 Å². The van der Waals surface area contributed by atoms with Crippen molar-refractivity contribution in [3.05, 3.63) is 47.2 Å². The van der Waals surface area contributed by atoms with Gasteiger partial charge < -0.3 is 5.32 Å². The Morgan fingerprint density at radius 1 is 1.10 bits per heavy atom. The van der Waals surface area contributed by atoms with Crippen LogP contribution in [-0.4, -0.2) is 21.9 Å². The minimum absolute atomic E-state index is 0.0930. The molecule has 1 fully saturated rings. The van der Waals surface area contributed by atoms with E-state index < -0.39 is 0 Å². The number of benzene rings is 1. The summed E-state index contributed by atoms with van der Waals surface area (Å²) in [5.74, 6) is 0.494. The van der Waals surface area contributed by atoms with Gasteiger partial charge in [-0.15, -0.1) is 0 Å². The lowest BCUT2D eigenvalue weighted by atomic mass is 10.2. The number of carbonyl (C=O) groups excluding carboxylic acids is 1. The Morgan fingerprint density at radius 3 is 2.33 bits per heavy atom. The Bertz CT molecular complexity index is 619. The molecule has 1 aliphatic rings. The number of halogens is 1. The van der Waals surface area contributed by atoms with E-state index in [0.29, 0.717) is 22.5 Å². The van der Waals surface area contributed by atoms with E-state index in [4.69, 9.17) is 11.6 Å². The third kappa shape index (κ3) is 3.39. The molecule has 3 rings (SSSR count). The number of nitrogens with one attached hydrogen (secondary N) is 1. The Kier molecular flexibility index (Phi) is 4.15. The molecule has 1 saturated carbocycles. The topological polar surface area (TPSA) is 54.9 Å². The zero-order valence-electron chi connectivity index (χ0n) is 11.6. The molecule has 0 unspecified atom stereocenters. The second-order valence-corrected chi connectivity index (χ2v) is 5.69. The van der Waals surface area contributed by atoms with Crippen molar-refractivity contribution in [1.29, 1.82) is 0 Å². The van der Waals surface area contributed by atoms with Crippen LogP contribution < -0.4 is 5.32 Å². The molecule has 2 aromatic rings. The minimum atomic E-state index is -0.0930. The second kappa shape index (κ2) is 6.22. The van der Waals surface area contributed by atoms with Crippen LogP contribution in [-0.2, 0) is 0 Å². The Labute approximate surface area is 128 Å². The first-order valence-corrected chi connectivity index (χ1v) is 7.49. The van der Waals surface area contributed by atoms with Crippen LogP contribution in [0, 0.1) is 0 Å². The van der Waals surface area contributed by atoms with Gasteiger partial charge in [0.1, 0.15) is 0 Å². The molecule has 5 heteroatoms. The van der Waals surface area contributed by atoms with Crippen LogP contribution in [0.3, 0.4) is 0 Å². The summed E-state index contributed by atoms with van der Waals surface area (Å²) in [6.45, 7) is 0. The zero-order valence-corrected chi connectivity index (χ0v) is 12.3. The summed E-state index contributed by atoms with van der Waals surface area (Å²) in [6, 6.07) is 7.60. The molecule has 1 aromatic heterocycles. The minimum Gasteiger partial charge on any atom is -0.349 e. The molecule has 108 valence electrons. The molecule has 21 heavy (non-hydrogen) atoms. The number of aromatic nitrogens is 2. The van der Waals surface area contributed by atoms with E-state index in [9.17, 15) is 4.79 Å². The fraction of sp³-hybridized carbons (Fsp3) is 0.312. The van der Waals surface area contributed by atoms with E-state index >= 15 is 0 Å². The van der Waals surface area contributed by atoms with Gasteiger partial charge in [0.15, 0.2) is 5.82 Å². The molecule has 1 heterocycles. The summed E-state index contributed by atoms with van der Waals surface area (Å²) in [5, 5.41) is 3.70. The smallest absolute Gasteiger partial charge is 0.254 e. The summed E-state index contributed by atoms with van der Waals surface area (Å²) in [7, 11) is 0. The number of amides is 1. The van der Waals surface area contributed by atoms with Crippen molar-refractivity contribution in [1.82, 2.24) is 15.3 Å². The maximum atomic E-state index is 12.1. The Morgan fingerprint density at radius 2 is 1.71 bits per heavy atom. The van der Waals surface area contributed by atoms with Crippen molar-refractivity contribution in [3.8, 4) is 11.4 Å². The molecule has 1 aromatic carbocycles. The predicted octanol–water partition coefficient (Wildman–Crippen LogP) is 3.47. The molecular weight excluding hydrogens is 286 g/mol. The van der Waals surface area contributed by atoms with Crippen LogP contribution in [0.5, 0.6) is 0 Å². The maximum Gasteiger partial charge on any atom is 0.254 e. The van der Waals surface area contributed by atoms with Gasteiger partial charge in [0.2, 0.25) is 0 Å². The first kappa shape index (κ1) is 14.0. The highest BCUT2D eigenvalue weighted by atomic mass is 35.5. The maximum absolute atomic E-state index is 12.1. The van der Waals surface area contributed by atoms with Crippen LogP contribution in [0.4, 0.5) is 0 Å². The van der Waals surface area contributed by atoms with Gasteiger partial charge in [-0.25, -0.2) is 9.97 Å². The van der Waals surface area contributed by atoms with E-state index in [1.807, 2.05) is 12.1 Å². The third-order valence-electron chi connectivity index (χ3n) is 3.71. The van der Waals surface area contributed by atoms with Gasteiger partial charge in [0, 0.05) is 29.0 Å². The van der Waals surface area contributed by atoms with Crippen molar-refractivity contribution in [3.63, 3.8) is 0 Å². The van der Waals surface area contributed by atoms with Gasteiger partial charge in [-0.3, -0.25) is 4.79 Å². The van der Waals surface area contributed by atoms with Crippen molar-refractivity contribution >= 4 is 17.5 Å². The SMILES string of the molecule is O=C(NC1CCCC1)c1cnc(-c2ccc(Cl)cc2)nc1.